The SMILES string of the molecule is CC[C@H](O)c1ccccc1OCC(C)(C)O. The Labute approximate surface area is 96.7 Å². The summed E-state index contributed by atoms with van der Waals surface area (Å²) in [7, 11) is 0. The van der Waals surface area contributed by atoms with Crippen molar-refractivity contribution in [2.45, 2.75) is 38.9 Å². The van der Waals surface area contributed by atoms with Crippen LogP contribution in [0.1, 0.15) is 38.9 Å². The molecule has 2 N–H and O–H groups in total. The van der Waals surface area contributed by atoms with E-state index < -0.39 is 11.7 Å². The van der Waals surface area contributed by atoms with E-state index >= 15 is 0 Å². The van der Waals surface area contributed by atoms with Crippen molar-refractivity contribution >= 4 is 0 Å². The van der Waals surface area contributed by atoms with Crippen LogP contribution in [-0.2, 0) is 0 Å². The number of benzene rings is 1. The molecule has 1 atom stereocenters. The summed E-state index contributed by atoms with van der Waals surface area (Å²) < 4.78 is 5.51. The standard InChI is InChI=1S/C13H20O3/c1-4-11(14)10-7-5-6-8-12(10)16-9-13(2,3)15/h5-8,11,14-15H,4,9H2,1-3H3/t11-/m0/s1. The third-order valence-corrected chi connectivity index (χ3v) is 2.25. The molecule has 3 nitrogen and oxygen atoms in total. The van der Waals surface area contributed by atoms with Crippen LogP contribution in [0.25, 0.3) is 0 Å². The van der Waals surface area contributed by atoms with Crippen LogP contribution >= 0.6 is 0 Å². The highest BCUT2D eigenvalue weighted by molar-refractivity contribution is 5.35. The molecule has 0 aliphatic carbocycles. The molecular formula is C13H20O3. The molecule has 0 amide bonds. The summed E-state index contributed by atoms with van der Waals surface area (Å²) in [5.74, 6) is 0.638. The fraction of sp³-hybridized carbons (Fsp3) is 0.538. The van der Waals surface area contributed by atoms with Crippen LogP contribution in [0.4, 0.5) is 0 Å². The molecule has 16 heavy (non-hydrogen) atoms. The molecule has 0 aliphatic heterocycles. The molecule has 0 fully saturated rings. The molecule has 0 unspecified atom stereocenters. The topological polar surface area (TPSA) is 49.7 Å². The lowest BCUT2D eigenvalue weighted by Crippen LogP contribution is -2.28. The largest absolute Gasteiger partial charge is 0.490 e. The van der Waals surface area contributed by atoms with Crippen molar-refractivity contribution in [1.82, 2.24) is 0 Å². The fourth-order valence-electron chi connectivity index (χ4n) is 1.36. The van der Waals surface area contributed by atoms with Gasteiger partial charge in [0.1, 0.15) is 12.4 Å². The van der Waals surface area contributed by atoms with Gasteiger partial charge in [-0.15, -0.1) is 0 Å². The third kappa shape index (κ3) is 3.83. The van der Waals surface area contributed by atoms with Gasteiger partial charge in [0, 0.05) is 5.56 Å². The van der Waals surface area contributed by atoms with E-state index in [2.05, 4.69) is 0 Å². The van der Waals surface area contributed by atoms with Gasteiger partial charge in [-0.2, -0.15) is 0 Å². The van der Waals surface area contributed by atoms with Gasteiger partial charge in [0.2, 0.25) is 0 Å². The van der Waals surface area contributed by atoms with Gasteiger partial charge in [-0.3, -0.25) is 0 Å². The quantitative estimate of drug-likeness (QED) is 0.806. The monoisotopic (exact) mass is 224 g/mol. The summed E-state index contributed by atoms with van der Waals surface area (Å²) in [6.07, 6.45) is 0.126. The highest BCUT2D eigenvalue weighted by Crippen LogP contribution is 2.27. The molecule has 1 rings (SSSR count). The molecule has 0 heterocycles. The van der Waals surface area contributed by atoms with E-state index in [-0.39, 0.29) is 6.61 Å². The Balaban J connectivity index is 2.79. The predicted octanol–water partition coefficient (Wildman–Crippen LogP) is 2.28. The zero-order valence-corrected chi connectivity index (χ0v) is 10.1. The van der Waals surface area contributed by atoms with Gasteiger partial charge < -0.3 is 14.9 Å². The highest BCUT2D eigenvalue weighted by atomic mass is 16.5. The minimum Gasteiger partial charge on any atom is -0.490 e. The van der Waals surface area contributed by atoms with Crippen molar-refractivity contribution in [2.24, 2.45) is 0 Å². The maximum absolute atomic E-state index is 9.80. The van der Waals surface area contributed by atoms with Crippen LogP contribution in [0.3, 0.4) is 0 Å². The van der Waals surface area contributed by atoms with Gasteiger partial charge in [-0.05, 0) is 26.3 Å². The number of para-hydroxylation sites is 1. The van der Waals surface area contributed by atoms with Gasteiger partial charge in [0.05, 0.1) is 11.7 Å². The van der Waals surface area contributed by atoms with Gasteiger partial charge in [0.25, 0.3) is 0 Å². The third-order valence-electron chi connectivity index (χ3n) is 2.25. The smallest absolute Gasteiger partial charge is 0.125 e. The Bertz CT molecular complexity index is 328. The van der Waals surface area contributed by atoms with E-state index in [0.29, 0.717) is 12.2 Å². The van der Waals surface area contributed by atoms with Gasteiger partial charge in [-0.25, -0.2) is 0 Å². The maximum atomic E-state index is 9.80. The summed E-state index contributed by atoms with van der Waals surface area (Å²) >= 11 is 0. The second kappa shape index (κ2) is 5.32. The van der Waals surface area contributed by atoms with Gasteiger partial charge >= 0.3 is 0 Å². The number of rotatable bonds is 5. The van der Waals surface area contributed by atoms with Crippen molar-refractivity contribution in [1.29, 1.82) is 0 Å². The van der Waals surface area contributed by atoms with E-state index in [1.165, 1.54) is 0 Å². The number of hydrogen-bond acceptors (Lipinski definition) is 3. The van der Waals surface area contributed by atoms with Crippen LogP contribution in [0.5, 0.6) is 5.75 Å². The molecule has 1 aromatic carbocycles. The fourth-order valence-corrected chi connectivity index (χ4v) is 1.36. The van der Waals surface area contributed by atoms with Crippen LogP contribution in [0.2, 0.25) is 0 Å². The number of aliphatic hydroxyl groups excluding tert-OH is 1. The molecule has 0 bridgehead atoms. The van der Waals surface area contributed by atoms with Crippen molar-refractivity contribution in [3.8, 4) is 5.75 Å². The molecular weight excluding hydrogens is 204 g/mol. The molecule has 0 aliphatic rings. The zero-order valence-electron chi connectivity index (χ0n) is 10.1. The highest BCUT2D eigenvalue weighted by Gasteiger charge is 2.16. The first kappa shape index (κ1) is 13.0. The summed E-state index contributed by atoms with van der Waals surface area (Å²) in [5, 5.41) is 19.4. The van der Waals surface area contributed by atoms with E-state index in [0.717, 1.165) is 5.56 Å². The van der Waals surface area contributed by atoms with Crippen LogP contribution in [0.15, 0.2) is 24.3 Å². The Hall–Kier alpha value is -1.06. The van der Waals surface area contributed by atoms with Crippen molar-refractivity contribution < 1.29 is 14.9 Å². The van der Waals surface area contributed by atoms with Crippen molar-refractivity contribution in [3.63, 3.8) is 0 Å². The Kier molecular flexibility index (Phi) is 4.33. The first-order chi connectivity index (χ1) is 7.44. The Morgan fingerprint density at radius 3 is 2.50 bits per heavy atom. The van der Waals surface area contributed by atoms with E-state index in [1.807, 2.05) is 25.1 Å². The summed E-state index contributed by atoms with van der Waals surface area (Å²) in [4.78, 5) is 0. The number of hydrogen-bond donors (Lipinski definition) is 2. The van der Waals surface area contributed by atoms with Crippen LogP contribution in [0, 0.1) is 0 Å². The Morgan fingerprint density at radius 2 is 1.94 bits per heavy atom. The molecule has 90 valence electrons. The minimum absolute atomic E-state index is 0.209. The first-order valence-corrected chi connectivity index (χ1v) is 5.56. The lowest BCUT2D eigenvalue weighted by molar-refractivity contribution is 0.0270. The second-order valence-corrected chi connectivity index (χ2v) is 4.56. The maximum Gasteiger partial charge on any atom is 0.125 e. The molecule has 0 spiro atoms. The molecule has 1 aromatic rings. The van der Waals surface area contributed by atoms with Crippen LogP contribution < -0.4 is 4.74 Å². The average Bonchev–Trinajstić information content (AvgIpc) is 2.25. The average molecular weight is 224 g/mol. The zero-order chi connectivity index (χ0) is 12.2. The summed E-state index contributed by atoms with van der Waals surface area (Å²) in [5.41, 5.74) is -0.0983. The summed E-state index contributed by atoms with van der Waals surface area (Å²) in [6.45, 7) is 5.50. The van der Waals surface area contributed by atoms with E-state index in [9.17, 15) is 10.2 Å². The second-order valence-electron chi connectivity index (χ2n) is 4.56. The van der Waals surface area contributed by atoms with E-state index in [4.69, 9.17) is 4.74 Å². The van der Waals surface area contributed by atoms with Crippen molar-refractivity contribution in [2.75, 3.05) is 6.61 Å². The molecule has 0 saturated carbocycles. The van der Waals surface area contributed by atoms with Crippen LogP contribution in [-0.4, -0.2) is 22.4 Å². The molecule has 0 aromatic heterocycles. The normalized spacial score (nSPS) is 13.6. The van der Waals surface area contributed by atoms with Crippen molar-refractivity contribution in [3.05, 3.63) is 29.8 Å². The lowest BCUT2D eigenvalue weighted by atomic mass is 10.1. The van der Waals surface area contributed by atoms with Gasteiger partial charge in [0.15, 0.2) is 0 Å². The van der Waals surface area contributed by atoms with Gasteiger partial charge in [-0.1, -0.05) is 25.1 Å². The van der Waals surface area contributed by atoms with E-state index in [1.54, 1.807) is 19.9 Å². The molecule has 3 heteroatoms. The predicted molar refractivity (Wildman–Crippen MR) is 63.5 cm³/mol. The number of aliphatic hydroxyl groups is 2. The minimum atomic E-state index is -0.871. The Morgan fingerprint density at radius 1 is 1.31 bits per heavy atom. The molecule has 0 saturated heterocycles. The summed E-state index contributed by atoms with van der Waals surface area (Å²) in [6, 6.07) is 7.37. The first-order valence-electron chi connectivity index (χ1n) is 5.56. The lowest BCUT2D eigenvalue weighted by Gasteiger charge is -2.20. The number of ether oxygens (including phenoxy) is 1. The molecule has 0 radical (unpaired) electrons.